The molecule has 1 unspecified atom stereocenters. The smallest absolute Gasteiger partial charge is 0.412 e. The third kappa shape index (κ3) is 4.22. The number of hydrogen-bond donors (Lipinski definition) is 3. The van der Waals surface area contributed by atoms with Crippen LogP contribution in [0.25, 0.3) is 0 Å². The Balaban J connectivity index is 1.63. The van der Waals surface area contributed by atoms with Crippen molar-refractivity contribution in [3.05, 3.63) is 57.8 Å². The van der Waals surface area contributed by atoms with Crippen molar-refractivity contribution < 1.29 is 14.6 Å². The maximum absolute atomic E-state index is 11.0. The number of halogens is 1. The van der Waals surface area contributed by atoms with Crippen LogP contribution in [0, 0.1) is 5.41 Å². The highest BCUT2D eigenvalue weighted by Crippen LogP contribution is 2.49. The van der Waals surface area contributed by atoms with Gasteiger partial charge < -0.3 is 15.2 Å². The molecule has 1 aromatic heterocycles. The van der Waals surface area contributed by atoms with Gasteiger partial charge >= 0.3 is 6.09 Å². The molecule has 1 aromatic carbocycles. The molecule has 7 nitrogen and oxygen atoms in total. The van der Waals surface area contributed by atoms with Gasteiger partial charge in [-0.1, -0.05) is 19.9 Å². The van der Waals surface area contributed by atoms with Gasteiger partial charge in [0, 0.05) is 16.4 Å². The van der Waals surface area contributed by atoms with Crippen molar-refractivity contribution in [1.82, 2.24) is 10.3 Å². The number of amides is 1. The summed E-state index contributed by atoms with van der Waals surface area (Å²) in [7, 11) is 0. The van der Waals surface area contributed by atoms with Crippen LogP contribution in [0.5, 0.6) is 0 Å². The molecule has 1 aliphatic carbocycles. The Hall–Kier alpha value is -2.61. The summed E-state index contributed by atoms with van der Waals surface area (Å²) in [5.74, 6) is 0. The first-order valence-electron chi connectivity index (χ1n) is 9.45. The fraction of sp³-hybridized carbons (Fsp3) is 0.381. The maximum atomic E-state index is 11.0. The molecule has 1 spiro atoms. The minimum Gasteiger partial charge on any atom is -0.465 e. The minimum absolute atomic E-state index is 0.0365. The Morgan fingerprint density at radius 2 is 2.14 bits per heavy atom. The third-order valence-corrected chi connectivity index (χ3v) is 5.76. The molecule has 0 saturated carbocycles. The normalized spacial score (nSPS) is 21.8. The van der Waals surface area contributed by atoms with Gasteiger partial charge in [-0.15, -0.1) is 0 Å². The number of carboxylic acid groups (broad SMARTS) is 1. The highest BCUT2D eigenvalue weighted by atomic mass is 79.9. The molecule has 0 fully saturated rings. The SMILES string of the molecule is CC1(C)Cc2ccc(NCc3ccc(Br)cn3)cc2C2(COC(NC(=O)O)=N2)C1. The number of ether oxygens (including phenoxy) is 1. The Morgan fingerprint density at radius 1 is 1.31 bits per heavy atom. The van der Waals surface area contributed by atoms with Gasteiger partial charge in [-0.25, -0.2) is 15.1 Å². The average Bonchev–Trinajstić information content (AvgIpc) is 3.02. The molecule has 1 aliphatic heterocycles. The first kappa shape index (κ1) is 19.7. The van der Waals surface area contributed by atoms with E-state index in [9.17, 15) is 4.79 Å². The van der Waals surface area contributed by atoms with E-state index in [1.807, 2.05) is 12.1 Å². The lowest BCUT2D eigenvalue weighted by atomic mass is 9.65. The second-order valence-corrected chi connectivity index (χ2v) is 9.29. The summed E-state index contributed by atoms with van der Waals surface area (Å²) in [6.45, 7) is 5.36. The van der Waals surface area contributed by atoms with Crippen molar-refractivity contribution in [1.29, 1.82) is 0 Å². The molecule has 8 heteroatoms. The van der Waals surface area contributed by atoms with Crippen LogP contribution in [0.15, 0.2) is 46.0 Å². The molecule has 152 valence electrons. The molecular formula is C21H23BrN4O3. The number of anilines is 1. The van der Waals surface area contributed by atoms with E-state index in [0.717, 1.165) is 34.3 Å². The fourth-order valence-corrected chi connectivity index (χ4v) is 4.51. The largest absolute Gasteiger partial charge is 0.465 e. The van der Waals surface area contributed by atoms with Crippen molar-refractivity contribution in [2.75, 3.05) is 11.9 Å². The number of rotatable bonds is 3. The van der Waals surface area contributed by atoms with Crippen LogP contribution in [0.1, 0.15) is 37.1 Å². The Kier molecular flexibility index (Phi) is 4.98. The zero-order valence-corrected chi connectivity index (χ0v) is 17.9. The van der Waals surface area contributed by atoms with E-state index in [-0.39, 0.29) is 11.4 Å². The van der Waals surface area contributed by atoms with Crippen LogP contribution in [-0.2, 0) is 23.2 Å². The lowest BCUT2D eigenvalue weighted by Gasteiger charge is -2.41. The molecule has 4 rings (SSSR count). The monoisotopic (exact) mass is 458 g/mol. The van der Waals surface area contributed by atoms with Crippen molar-refractivity contribution in [2.45, 2.75) is 38.8 Å². The summed E-state index contributed by atoms with van der Waals surface area (Å²) in [5.41, 5.74) is 3.68. The summed E-state index contributed by atoms with van der Waals surface area (Å²) in [6.07, 6.45) is 2.34. The summed E-state index contributed by atoms with van der Waals surface area (Å²) < 4.78 is 6.56. The number of benzene rings is 1. The number of aliphatic imine (C=N–C) groups is 1. The maximum Gasteiger partial charge on any atom is 0.412 e. The van der Waals surface area contributed by atoms with Gasteiger partial charge in [0.15, 0.2) is 0 Å². The molecule has 3 N–H and O–H groups in total. The van der Waals surface area contributed by atoms with Crippen LogP contribution < -0.4 is 10.6 Å². The summed E-state index contributed by atoms with van der Waals surface area (Å²) in [4.78, 5) is 20.1. The first-order valence-corrected chi connectivity index (χ1v) is 10.2. The molecule has 1 amide bonds. The van der Waals surface area contributed by atoms with E-state index in [2.05, 4.69) is 68.6 Å². The average molecular weight is 459 g/mol. The third-order valence-electron chi connectivity index (χ3n) is 5.29. The van der Waals surface area contributed by atoms with Gasteiger partial charge in [0.1, 0.15) is 12.1 Å². The van der Waals surface area contributed by atoms with Crippen molar-refractivity contribution in [3.63, 3.8) is 0 Å². The number of fused-ring (bicyclic) bond motifs is 2. The molecule has 2 aromatic rings. The van der Waals surface area contributed by atoms with E-state index in [1.54, 1.807) is 6.20 Å². The summed E-state index contributed by atoms with van der Waals surface area (Å²) in [6, 6.07) is 10.3. The highest BCUT2D eigenvalue weighted by Gasteiger charge is 2.48. The van der Waals surface area contributed by atoms with Crippen molar-refractivity contribution in [3.8, 4) is 0 Å². The number of nitrogens with one attached hydrogen (secondary N) is 2. The predicted molar refractivity (Wildman–Crippen MR) is 114 cm³/mol. The van der Waals surface area contributed by atoms with Crippen molar-refractivity contribution >= 4 is 33.7 Å². The summed E-state index contributed by atoms with van der Waals surface area (Å²) >= 11 is 3.40. The van der Waals surface area contributed by atoms with Crippen LogP contribution in [0.2, 0.25) is 0 Å². The van der Waals surface area contributed by atoms with E-state index in [0.29, 0.717) is 13.2 Å². The van der Waals surface area contributed by atoms with Gasteiger partial charge in [0.25, 0.3) is 6.02 Å². The zero-order chi connectivity index (χ0) is 20.6. The van der Waals surface area contributed by atoms with E-state index in [1.165, 1.54) is 5.56 Å². The summed E-state index contributed by atoms with van der Waals surface area (Å²) in [5, 5.41) is 14.7. The zero-order valence-electron chi connectivity index (χ0n) is 16.3. The van der Waals surface area contributed by atoms with E-state index < -0.39 is 11.6 Å². The molecule has 0 bridgehead atoms. The van der Waals surface area contributed by atoms with Gasteiger partial charge in [-0.2, -0.15) is 0 Å². The second kappa shape index (κ2) is 7.33. The molecule has 1 atom stereocenters. The Labute approximate surface area is 177 Å². The second-order valence-electron chi connectivity index (χ2n) is 8.38. The van der Waals surface area contributed by atoms with Crippen LogP contribution >= 0.6 is 15.9 Å². The minimum atomic E-state index is -1.17. The quantitative estimate of drug-likeness (QED) is 0.637. The molecule has 2 heterocycles. The molecule has 29 heavy (non-hydrogen) atoms. The van der Waals surface area contributed by atoms with Gasteiger partial charge in [0.05, 0.1) is 12.2 Å². The Morgan fingerprint density at radius 3 is 2.86 bits per heavy atom. The van der Waals surface area contributed by atoms with Crippen LogP contribution in [-0.4, -0.2) is 28.8 Å². The van der Waals surface area contributed by atoms with Gasteiger partial charge in [0.2, 0.25) is 0 Å². The number of hydrogen-bond acceptors (Lipinski definition) is 5. The fourth-order valence-electron chi connectivity index (χ4n) is 4.27. The van der Waals surface area contributed by atoms with Crippen LogP contribution in [0.3, 0.4) is 0 Å². The number of carbonyl (C=O) groups is 1. The highest BCUT2D eigenvalue weighted by molar-refractivity contribution is 9.10. The molecule has 0 saturated heterocycles. The topological polar surface area (TPSA) is 95.8 Å². The van der Waals surface area contributed by atoms with E-state index >= 15 is 0 Å². The lowest BCUT2D eigenvalue weighted by molar-refractivity contribution is 0.161. The molecule has 0 radical (unpaired) electrons. The standard InChI is InChI=1S/C21H23BrN4O3/c1-20(2)8-13-3-5-15(24-10-16-6-4-14(22)9-23-16)7-17(13)21(11-20)12-29-18(26-21)25-19(27)28/h3-7,9,24H,8,10-12H2,1-2H3,(H,25,26)(H,27,28). The number of pyridine rings is 1. The number of nitrogens with zero attached hydrogens (tertiary/aromatic N) is 2. The number of amidine groups is 1. The van der Waals surface area contributed by atoms with Crippen LogP contribution in [0.4, 0.5) is 10.5 Å². The Bertz CT molecular complexity index is 974. The van der Waals surface area contributed by atoms with Gasteiger partial charge in [-0.3, -0.25) is 4.98 Å². The number of aromatic nitrogens is 1. The molecule has 2 aliphatic rings. The lowest BCUT2D eigenvalue weighted by Crippen LogP contribution is -2.39. The van der Waals surface area contributed by atoms with E-state index in [4.69, 9.17) is 9.84 Å². The predicted octanol–water partition coefficient (Wildman–Crippen LogP) is 4.28. The first-order chi connectivity index (χ1) is 13.7. The van der Waals surface area contributed by atoms with Gasteiger partial charge in [-0.05, 0) is 69.6 Å². The van der Waals surface area contributed by atoms with Crippen molar-refractivity contribution in [2.24, 2.45) is 10.4 Å². The molecular weight excluding hydrogens is 436 g/mol.